The highest BCUT2D eigenvalue weighted by Gasteiger charge is 1.99. The van der Waals surface area contributed by atoms with Gasteiger partial charge in [-0.15, -0.1) is 11.8 Å². The number of hydrogen-bond donors (Lipinski definition) is 1. The van der Waals surface area contributed by atoms with Crippen LogP contribution in [0.4, 0.5) is 0 Å². The van der Waals surface area contributed by atoms with E-state index in [2.05, 4.69) is 38.1 Å². The van der Waals surface area contributed by atoms with Gasteiger partial charge in [-0.3, -0.25) is 0 Å². The Morgan fingerprint density at radius 1 is 1.19 bits per heavy atom. The van der Waals surface area contributed by atoms with Crippen LogP contribution in [0.3, 0.4) is 0 Å². The molecule has 1 rings (SSSR count). The van der Waals surface area contributed by atoms with E-state index in [9.17, 15) is 0 Å². The maximum atomic E-state index is 5.90. The minimum atomic E-state index is 0.384. The van der Waals surface area contributed by atoms with Crippen LogP contribution in [-0.2, 0) is 6.42 Å². The summed E-state index contributed by atoms with van der Waals surface area (Å²) in [7, 11) is 0. The first-order valence-corrected chi connectivity index (χ1v) is 7.22. The summed E-state index contributed by atoms with van der Waals surface area (Å²) in [6, 6.07) is 9.33. The molecule has 1 atom stereocenters. The average Bonchev–Trinajstić information content (AvgIpc) is 2.31. The SMILES string of the molecule is CCSc1ccc(CCCC(N)CC)cc1. The molecule has 2 heteroatoms. The first-order chi connectivity index (χ1) is 7.76. The van der Waals surface area contributed by atoms with Gasteiger partial charge in [0.1, 0.15) is 0 Å². The van der Waals surface area contributed by atoms with Crippen LogP contribution in [0.1, 0.15) is 38.7 Å². The van der Waals surface area contributed by atoms with Gasteiger partial charge >= 0.3 is 0 Å². The Labute approximate surface area is 104 Å². The molecule has 0 bridgehead atoms. The van der Waals surface area contributed by atoms with E-state index in [4.69, 9.17) is 5.73 Å². The number of benzene rings is 1. The Bertz CT molecular complexity index is 281. The monoisotopic (exact) mass is 237 g/mol. The van der Waals surface area contributed by atoms with Crippen molar-refractivity contribution in [3.63, 3.8) is 0 Å². The van der Waals surface area contributed by atoms with Crippen LogP contribution >= 0.6 is 11.8 Å². The molecule has 0 saturated carbocycles. The van der Waals surface area contributed by atoms with Gasteiger partial charge in [-0.2, -0.15) is 0 Å². The fourth-order valence-electron chi connectivity index (χ4n) is 1.69. The van der Waals surface area contributed by atoms with E-state index >= 15 is 0 Å². The van der Waals surface area contributed by atoms with Crippen molar-refractivity contribution in [3.8, 4) is 0 Å². The van der Waals surface area contributed by atoms with Crippen molar-refractivity contribution in [2.75, 3.05) is 5.75 Å². The lowest BCUT2D eigenvalue weighted by Gasteiger charge is -2.08. The zero-order chi connectivity index (χ0) is 11.8. The van der Waals surface area contributed by atoms with E-state index in [1.54, 1.807) is 0 Å². The zero-order valence-corrected chi connectivity index (χ0v) is 11.2. The highest BCUT2D eigenvalue weighted by atomic mass is 32.2. The van der Waals surface area contributed by atoms with Crippen LogP contribution in [0.5, 0.6) is 0 Å². The lowest BCUT2D eigenvalue weighted by Crippen LogP contribution is -2.18. The van der Waals surface area contributed by atoms with Gasteiger partial charge in [0.2, 0.25) is 0 Å². The summed E-state index contributed by atoms with van der Waals surface area (Å²) in [4.78, 5) is 1.37. The van der Waals surface area contributed by atoms with Crippen LogP contribution in [0.25, 0.3) is 0 Å². The van der Waals surface area contributed by atoms with Crippen LogP contribution in [0.15, 0.2) is 29.2 Å². The fourth-order valence-corrected chi connectivity index (χ4v) is 2.35. The van der Waals surface area contributed by atoms with Crippen molar-refractivity contribution in [1.82, 2.24) is 0 Å². The first-order valence-electron chi connectivity index (χ1n) is 6.23. The van der Waals surface area contributed by atoms with Crippen molar-refractivity contribution in [1.29, 1.82) is 0 Å². The minimum Gasteiger partial charge on any atom is -0.328 e. The van der Waals surface area contributed by atoms with Gasteiger partial charge in [0, 0.05) is 10.9 Å². The summed E-state index contributed by atoms with van der Waals surface area (Å²) in [5.41, 5.74) is 7.33. The molecule has 0 saturated heterocycles. The van der Waals surface area contributed by atoms with Gasteiger partial charge in [0.15, 0.2) is 0 Å². The minimum absolute atomic E-state index is 0.384. The zero-order valence-electron chi connectivity index (χ0n) is 10.4. The lowest BCUT2D eigenvalue weighted by atomic mass is 10.0. The van der Waals surface area contributed by atoms with Crippen molar-refractivity contribution in [2.24, 2.45) is 5.73 Å². The second-order valence-corrected chi connectivity index (χ2v) is 5.47. The van der Waals surface area contributed by atoms with Crippen LogP contribution < -0.4 is 5.73 Å². The molecule has 1 nitrogen and oxygen atoms in total. The first kappa shape index (κ1) is 13.6. The van der Waals surface area contributed by atoms with Gasteiger partial charge in [0.25, 0.3) is 0 Å². The van der Waals surface area contributed by atoms with Crippen molar-refractivity contribution >= 4 is 11.8 Å². The number of thioether (sulfide) groups is 1. The van der Waals surface area contributed by atoms with Gasteiger partial charge in [-0.05, 0) is 49.1 Å². The molecule has 0 heterocycles. The van der Waals surface area contributed by atoms with Crippen molar-refractivity contribution in [2.45, 2.75) is 50.5 Å². The molecule has 90 valence electrons. The Kier molecular flexibility index (Phi) is 6.58. The van der Waals surface area contributed by atoms with E-state index in [-0.39, 0.29) is 0 Å². The third-order valence-electron chi connectivity index (χ3n) is 2.80. The van der Waals surface area contributed by atoms with Crippen molar-refractivity contribution in [3.05, 3.63) is 29.8 Å². The summed E-state index contributed by atoms with van der Waals surface area (Å²) < 4.78 is 0. The van der Waals surface area contributed by atoms with E-state index in [0.717, 1.165) is 25.0 Å². The van der Waals surface area contributed by atoms with Gasteiger partial charge in [0.05, 0.1) is 0 Å². The molecular formula is C14H23NS. The quantitative estimate of drug-likeness (QED) is 0.729. The van der Waals surface area contributed by atoms with E-state index < -0.39 is 0 Å². The smallest absolute Gasteiger partial charge is 0.00720 e. The molecule has 0 aliphatic rings. The third-order valence-corrected chi connectivity index (χ3v) is 3.69. The molecule has 16 heavy (non-hydrogen) atoms. The fraction of sp³-hybridized carbons (Fsp3) is 0.571. The number of nitrogens with two attached hydrogens (primary N) is 1. The van der Waals surface area contributed by atoms with Gasteiger partial charge < -0.3 is 5.73 Å². The molecule has 1 unspecified atom stereocenters. The van der Waals surface area contributed by atoms with E-state index in [1.165, 1.54) is 16.9 Å². The molecule has 0 fully saturated rings. The summed E-state index contributed by atoms with van der Waals surface area (Å²) in [5.74, 6) is 1.14. The van der Waals surface area contributed by atoms with Gasteiger partial charge in [-0.25, -0.2) is 0 Å². The van der Waals surface area contributed by atoms with Gasteiger partial charge in [-0.1, -0.05) is 26.0 Å². The summed E-state index contributed by atoms with van der Waals surface area (Å²) in [6.45, 7) is 4.34. The average molecular weight is 237 g/mol. The van der Waals surface area contributed by atoms with E-state index in [0.29, 0.717) is 6.04 Å². The number of hydrogen-bond acceptors (Lipinski definition) is 2. The normalized spacial score (nSPS) is 12.7. The molecule has 0 aliphatic heterocycles. The van der Waals surface area contributed by atoms with E-state index in [1.807, 2.05) is 11.8 Å². The largest absolute Gasteiger partial charge is 0.328 e. The Balaban J connectivity index is 2.31. The highest BCUT2D eigenvalue weighted by Crippen LogP contribution is 2.18. The number of rotatable bonds is 7. The number of aryl methyl sites for hydroxylation is 1. The van der Waals surface area contributed by atoms with Crippen LogP contribution in [0, 0.1) is 0 Å². The molecule has 1 aromatic carbocycles. The molecule has 0 amide bonds. The second-order valence-electron chi connectivity index (χ2n) is 4.14. The summed E-state index contributed by atoms with van der Waals surface area (Å²) in [6.07, 6.45) is 4.59. The molecule has 2 N–H and O–H groups in total. The van der Waals surface area contributed by atoms with Crippen LogP contribution in [-0.4, -0.2) is 11.8 Å². The standard InChI is InChI=1S/C14H23NS/c1-3-13(15)7-5-6-12-8-10-14(11-9-12)16-4-2/h8-11,13H,3-7,15H2,1-2H3. The lowest BCUT2D eigenvalue weighted by molar-refractivity contribution is 0.568. The summed E-state index contributed by atoms with van der Waals surface area (Å²) >= 11 is 1.90. The molecule has 0 aromatic heterocycles. The third kappa shape index (κ3) is 5.04. The summed E-state index contributed by atoms with van der Waals surface area (Å²) in [5, 5.41) is 0. The predicted molar refractivity (Wildman–Crippen MR) is 74.0 cm³/mol. The molecule has 0 aliphatic carbocycles. The highest BCUT2D eigenvalue weighted by molar-refractivity contribution is 7.99. The molecular weight excluding hydrogens is 214 g/mol. The second kappa shape index (κ2) is 7.75. The Morgan fingerprint density at radius 2 is 1.88 bits per heavy atom. The maximum absolute atomic E-state index is 5.90. The predicted octanol–water partition coefficient (Wildman–Crippen LogP) is 3.86. The maximum Gasteiger partial charge on any atom is 0.00720 e. The molecule has 0 spiro atoms. The van der Waals surface area contributed by atoms with Crippen molar-refractivity contribution < 1.29 is 0 Å². The van der Waals surface area contributed by atoms with Crippen LogP contribution in [0.2, 0.25) is 0 Å². The molecule has 0 radical (unpaired) electrons. The Hall–Kier alpha value is -0.470. The topological polar surface area (TPSA) is 26.0 Å². The Morgan fingerprint density at radius 3 is 2.44 bits per heavy atom. The molecule has 1 aromatic rings.